The van der Waals surface area contributed by atoms with Gasteiger partial charge in [-0.2, -0.15) is 0 Å². The number of aromatic carboxylic acids is 1. The maximum Gasteiger partial charge on any atom is 0.347 e. The van der Waals surface area contributed by atoms with Crippen molar-refractivity contribution in [3.63, 3.8) is 0 Å². The fourth-order valence-corrected chi connectivity index (χ4v) is 3.27. The Morgan fingerprint density at radius 2 is 1.76 bits per heavy atom. The summed E-state index contributed by atoms with van der Waals surface area (Å²) in [6.07, 6.45) is 0. The molecular weight excluding hydrogens is 344 g/mol. The fourth-order valence-electron chi connectivity index (χ4n) is 2.36. The topological polar surface area (TPSA) is 97.8 Å². The lowest BCUT2D eigenvalue weighted by Crippen LogP contribution is -2.26. The van der Waals surface area contributed by atoms with Crippen molar-refractivity contribution in [2.45, 2.75) is 26.8 Å². The zero-order valence-electron chi connectivity index (χ0n) is 14.7. The first-order valence-corrected chi connectivity index (χ1v) is 8.34. The van der Waals surface area contributed by atoms with Crippen molar-refractivity contribution in [3.8, 4) is 11.5 Å². The highest BCUT2D eigenvalue weighted by molar-refractivity contribution is 7.13. The number of amides is 1. The van der Waals surface area contributed by atoms with Crippen molar-refractivity contribution in [2.75, 3.05) is 14.2 Å². The first-order chi connectivity index (χ1) is 11.8. The summed E-state index contributed by atoms with van der Waals surface area (Å²) in [6, 6.07) is 2.84. The monoisotopic (exact) mass is 364 g/mol. The van der Waals surface area contributed by atoms with Crippen molar-refractivity contribution in [3.05, 3.63) is 38.8 Å². The van der Waals surface area contributed by atoms with E-state index in [1.54, 1.807) is 26.0 Å². The van der Waals surface area contributed by atoms with E-state index in [0.717, 1.165) is 16.9 Å². The van der Waals surface area contributed by atoms with Crippen LogP contribution in [0.2, 0.25) is 0 Å². The van der Waals surface area contributed by atoms with Gasteiger partial charge in [0.05, 0.1) is 26.0 Å². The normalized spacial score (nSPS) is 11.7. The Labute approximate surface area is 149 Å². The van der Waals surface area contributed by atoms with E-state index in [0.29, 0.717) is 27.8 Å². The highest BCUT2D eigenvalue weighted by Gasteiger charge is 2.21. The van der Waals surface area contributed by atoms with Crippen molar-refractivity contribution >= 4 is 23.2 Å². The van der Waals surface area contributed by atoms with E-state index in [1.165, 1.54) is 14.2 Å². The smallest absolute Gasteiger partial charge is 0.347 e. The Kier molecular flexibility index (Phi) is 5.63. The molecule has 0 saturated carbocycles. The molecule has 7 nitrogen and oxygen atoms in total. The lowest BCUT2D eigenvalue weighted by molar-refractivity contribution is 0.0701. The van der Waals surface area contributed by atoms with E-state index >= 15 is 0 Å². The number of nitrogens with one attached hydrogen (secondary N) is 1. The first-order valence-electron chi connectivity index (χ1n) is 7.52. The lowest BCUT2D eigenvalue weighted by atomic mass is 10.1. The summed E-state index contributed by atoms with van der Waals surface area (Å²) in [4.78, 5) is 28.1. The molecule has 1 atom stereocenters. The van der Waals surface area contributed by atoms with Gasteiger partial charge in [0.25, 0.3) is 5.91 Å². The Morgan fingerprint density at radius 1 is 1.20 bits per heavy atom. The summed E-state index contributed by atoms with van der Waals surface area (Å²) in [5.41, 5.74) is 1.63. The van der Waals surface area contributed by atoms with Gasteiger partial charge in [-0.15, -0.1) is 11.3 Å². The van der Waals surface area contributed by atoms with E-state index in [4.69, 9.17) is 14.6 Å². The zero-order chi connectivity index (χ0) is 18.7. The molecule has 0 radical (unpaired) electrons. The highest BCUT2D eigenvalue weighted by atomic mass is 32.1. The minimum Gasteiger partial charge on any atom is -0.496 e. The van der Waals surface area contributed by atoms with Gasteiger partial charge in [-0.1, -0.05) is 0 Å². The molecule has 2 aromatic rings. The molecule has 134 valence electrons. The van der Waals surface area contributed by atoms with Gasteiger partial charge in [-0.05, 0) is 32.9 Å². The Hall–Kier alpha value is -2.61. The van der Waals surface area contributed by atoms with Crippen molar-refractivity contribution in [1.82, 2.24) is 10.3 Å². The second kappa shape index (κ2) is 7.52. The van der Waals surface area contributed by atoms with Gasteiger partial charge in [0.1, 0.15) is 21.4 Å². The molecular formula is C17H20N2O5S. The molecule has 0 aliphatic heterocycles. The van der Waals surface area contributed by atoms with Gasteiger partial charge in [-0.25, -0.2) is 9.78 Å². The van der Waals surface area contributed by atoms with E-state index in [-0.39, 0.29) is 10.8 Å². The molecule has 1 heterocycles. The Bertz CT molecular complexity index is 790. The minimum atomic E-state index is -1.02. The summed E-state index contributed by atoms with van der Waals surface area (Å²) >= 11 is 1.06. The van der Waals surface area contributed by atoms with Crippen LogP contribution in [-0.4, -0.2) is 36.2 Å². The van der Waals surface area contributed by atoms with E-state index in [2.05, 4.69) is 10.3 Å². The molecule has 0 fully saturated rings. The standard InChI is InChI=1S/C17H20N2O5S/c1-8-12(23-4)6-11(7-13(8)24-5)15(20)18-10(3)16-19-9(2)14(25-16)17(21)22/h6-7,10H,1-5H3,(H,18,20)(H,21,22). The second-order valence-electron chi connectivity index (χ2n) is 5.47. The number of benzene rings is 1. The molecule has 1 aromatic carbocycles. The van der Waals surface area contributed by atoms with Crippen LogP contribution in [0.1, 0.15) is 49.3 Å². The van der Waals surface area contributed by atoms with Gasteiger partial charge < -0.3 is 19.9 Å². The van der Waals surface area contributed by atoms with Gasteiger partial charge in [0, 0.05) is 11.1 Å². The Balaban J connectivity index is 2.24. The number of aryl methyl sites for hydroxylation is 1. The highest BCUT2D eigenvalue weighted by Crippen LogP contribution is 2.30. The molecule has 1 amide bonds. The summed E-state index contributed by atoms with van der Waals surface area (Å²) in [7, 11) is 3.05. The molecule has 25 heavy (non-hydrogen) atoms. The van der Waals surface area contributed by atoms with Gasteiger partial charge in [0.2, 0.25) is 0 Å². The van der Waals surface area contributed by atoms with Crippen LogP contribution in [-0.2, 0) is 0 Å². The number of hydrogen-bond acceptors (Lipinski definition) is 6. The number of carboxylic acid groups (broad SMARTS) is 1. The van der Waals surface area contributed by atoms with Gasteiger partial charge in [-0.3, -0.25) is 4.79 Å². The Morgan fingerprint density at radius 3 is 2.20 bits per heavy atom. The van der Waals surface area contributed by atoms with Crippen molar-refractivity contribution in [1.29, 1.82) is 0 Å². The van der Waals surface area contributed by atoms with Gasteiger partial charge in [0.15, 0.2) is 0 Å². The summed E-state index contributed by atoms with van der Waals surface area (Å²) in [5, 5.41) is 12.5. The number of rotatable bonds is 6. The number of nitrogens with zero attached hydrogens (tertiary/aromatic N) is 1. The number of carboxylic acids is 1. The van der Waals surface area contributed by atoms with Crippen LogP contribution in [0.25, 0.3) is 0 Å². The molecule has 2 N–H and O–H groups in total. The number of methoxy groups -OCH3 is 2. The molecule has 0 aliphatic rings. The van der Waals surface area contributed by atoms with E-state index < -0.39 is 12.0 Å². The SMILES string of the molecule is COc1cc(C(=O)NC(C)c2nc(C)c(C(=O)O)s2)cc(OC)c1C. The lowest BCUT2D eigenvalue weighted by Gasteiger charge is -2.15. The molecule has 0 spiro atoms. The van der Waals surface area contributed by atoms with Crippen LogP contribution in [0.3, 0.4) is 0 Å². The maximum absolute atomic E-state index is 12.5. The average Bonchev–Trinajstić information content (AvgIpc) is 2.97. The van der Waals surface area contributed by atoms with E-state index in [1.807, 2.05) is 6.92 Å². The van der Waals surface area contributed by atoms with Crippen LogP contribution in [0.15, 0.2) is 12.1 Å². The zero-order valence-corrected chi connectivity index (χ0v) is 15.5. The molecule has 1 aromatic heterocycles. The van der Waals surface area contributed by atoms with Gasteiger partial charge >= 0.3 is 5.97 Å². The molecule has 0 bridgehead atoms. The quantitative estimate of drug-likeness (QED) is 0.818. The first kappa shape index (κ1) is 18.7. The van der Waals surface area contributed by atoms with Crippen LogP contribution < -0.4 is 14.8 Å². The summed E-state index contributed by atoms with van der Waals surface area (Å²) in [5.74, 6) is -0.243. The molecule has 2 rings (SSSR count). The number of thiazole rings is 1. The van der Waals surface area contributed by atoms with Crippen LogP contribution in [0, 0.1) is 13.8 Å². The van der Waals surface area contributed by atoms with Crippen LogP contribution in [0.4, 0.5) is 0 Å². The molecule has 8 heteroatoms. The molecule has 0 saturated heterocycles. The second-order valence-corrected chi connectivity index (χ2v) is 6.50. The summed E-state index contributed by atoms with van der Waals surface area (Å²) < 4.78 is 10.6. The predicted molar refractivity (Wildman–Crippen MR) is 94.0 cm³/mol. The number of ether oxygens (including phenoxy) is 2. The number of hydrogen-bond donors (Lipinski definition) is 2. The number of carbonyl (C=O) groups is 2. The number of aromatic nitrogens is 1. The molecule has 1 unspecified atom stereocenters. The predicted octanol–water partition coefficient (Wildman–Crippen LogP) is 2.97. The van der Waals surface area contributed by atoms with E-state index in [9.17, 15) is 9.59 Å². The largest absolute Gasteiger partial charge is 0.496 e. The minimum absolute atomic E-state index is 0.176. The maximum atomic E-state index is 12.5. The van der Waals surface area contributed by atoms with Crippen LogP contribution >= 0.6 is 11.3 Å². The fraction of sp³-hybridized carbons (Fsp3) is 0.353. The van der Waals surface area contributed by atoms with Crippen molar-refractivity contribution in [2.24, 2.45) is 0 Å². The summed E-state index contributed by atoms with van der Waals surface area (Å²) in [6.45, 7) is 5.23. The van der Waals surface area contributed by atoms with Crippen molar-refractivity contribution < 1.29 is 24.2 Å². The average molecular weight is 364 g/mol. The third kappa shape index (κ3) is 3.90. The number of carbonyl (C=O) groups excluding carboxylic acids is 1. The molecule has 0 aliphatic carbocycles. The third-order valence-corrected chi connectivity index (χ3v) is 5.07. The van der Waals surface area contributed by atoms with Crippen LogP contribution in [0.5, 0.6) is 11.5 Å². The third-order valence-electron chi connectivity index (χ3n) is 3.74.